The van der Waals surface area contributed by atoms with Crippen molar-refractivity contribution < 1.29 is 0 Å². The number of nitrogens with one attached hydrogen (secondary N) is 1. The van der Waals surface area contributed by atoms with E-state index >= 15 is 0 Å². The zero-order valence-electron chi connectivity index (χ0n) is 13.0. The maximum absolute atomic E-state index is 4.52. The average molecular weight is 350 g/mol. The molecular weight excluding hydrogens is 326 g/mol. The van der Waals surface area contributed by atoms with Crippen molar-refractivity contribution in [2.45, 2.75) is 45.7 Å². The lowest BCUT2D eigenvalue weighted by Crippen LogP contribution is -2.27. The third kappa shape index (κ3) is 4.17. The number of benzene rings is 1. The predicted molar refractivity (Wildman–Crippen MR) is 91.5 cm³/mol. The van der Waals surface area contributed by atoms with Crippen LogP contribution in [-0.2, 0) is 6.42 Å². The van der Waals surface area contributed by atoms with Crippen molar-refractivity contribution in [3.05, 3.63) is 52.3 Å². The fraction of sp³-hybridized carbons (Fsp3) is 0.471. The van der Waals surface area contributed by atoms with Crippen molar-refractivity contribution in [2.24, 2.45) is 0 Å². The van der Waals surface area contributed by atoms with Crippen molar-refractivity contribution in [3.63, 3.8) is 0 Å². The first-order valence-corrected chi connectivity index (χ1v) is 8.43. The van der Waals surface area contributed by atoms with Gasteiger partial charge in [0.2, 0.25) is 0 Å². The van der Waals surface area contributed by atoms with Crippen molar-refractivity contribution in [2.75, 3.05) is 6.54 Å². The van der Waals surface area contributed by atoms with Crippen LogP contribution in [0.4, 0.5) is 0 Å². The molecule has 4 heteroatoms. The summed E-state index contributed by atoms with van der Waals surface area (Å²) >= 11 is 3.67. The Labute approximate surface area is 135 Å². The molecule has 21 heavy (non-hydrogen) atoms. The highest BCUT2D eigenvalue weighted by Gasteiger charge is 2.21. The summed E-state index contributed by atoms with van der Waals surface area (Å²) < 4.78 is 3.20. The molecule has 0 spiro atoms. The van der Waals surface area contributed by atoms with Crippen LogP contribution < -0.4 is 5.32 Å². The summed E-state index contributed by atoms with van der Waals surface area (Å²) in [5.41, 5.74) is 2.58. The zero-order chi connectivity index (χ0) is 15.2. The molecule has 3 nitrogen and oxygen atoms in total. The largest absolute Gasteiger partial charge is 0.308 e. The number of aromatic nitrogens is 2. The molecule has 0 aliphatic rings. The number of halogens is 1. The standard InChI is InChI=1S/C17H24BrN3/c1-4-10-19-16(11-14-8-6-5-7-9-14)17-15(18)12-20-21(17)13(2)3/h5-9,12-13,16,19H,4,10-11H2,1-3H3. The highest BCUT2D eigenvalue weighted by molar-refractivity contribution is 9.10. The minimum Gasteiger partial charge on any atom is -0.308 e. The van der Waals surface area contributed by atoms with Gasteiger partial charge < -0.3 is 5.32 Å². The molecule has 1 aromatic carbocycles. The van der Waals surface area contributed by atoms with Crippen molar-refractivity contribution in [3.8, 4) is 0 Å². The highest BCUT2D eigenvalue weighted by atomic mass is 79.9. The minimum absolute atomic E-state index is 0.270. The third-order valence-electron chi connectivity index (χ3n) is 3.53. The lowest BCUT2D eigenvalue weighted by Gasteiger charge is -2.22. The van der Waals surface area contributed by atoms with Gasteiger partial charge in [-0.15, -0.1) is 0 Å². The Hall–Kier alpha value is -1.13. The third-order valence-corrected chi connectivity index (χ3v) is 4.14. The monoisotopic (exact) mass is 349 g/mol. The van der Waals surface area contributed by atoms with Gasteiger partial charge in [0.15, 0.2) is 0 Å². The zero-order valence-corrected chi connectivity index (χ0v) is 14.6. The predicted octanol–water partition coefficient (Wildman–Crippen LogP) is 4.51. The first-order valence-electron chi connectivity index (χ1n) is 7.63. The first-order chi connectivity index (χ1) is 10.1. The van der Waals surface area contributed by atoms with Gasteiger partial charge in [-0.2, -0.15) is 5.10 Å². The molecule has 1 aromatic heterocycles. The Kier molecular flexibility index (Phi) is 6.00. The molecule has 1 N–H and O–H groups in total. The van der Waals surface area contributed by atoms with Gasteiger partial charge in [0.1, 0.15) is 0 Å². The Morgan fingerprint density at radius 3 is 2.57 bits per heavy atom. The van der Waals surface area contributed by atoms with Crippen LogP contribution in [0.25, 0.3) is 0 Å². The lowest BCUT2D eigenvalue weighted by atomic mass is 10.0. The average Bonchev–Trinajstić information content (AvgIpc) is 2.86. The molecule has 2 rings (SSSR count). The van der Waals surface area contributed by atoms with E-state index in [0.717, 1.165) is 23.9 Å². The molecule has 0 saturated heterocycles. The maximum Gasteiger partial charge on any atom is 0.0702 e. The molecule has 1 unspecified atom stereocenters. The second-order valence-corrected chi connectivity index (χ2v) is 6.47. The molecule has 1 atom stereocenters. The summed E-state index contributed by atoms with van der Waals surface area (Å²) in [6.45, 7) is 7.54. The molecule has 114 valence electrons. The van der Waals surface area contributed by atoms with Crippen LogP contribution in [0.5, 0.6) is 0 Å². The first kappa shape index (κ1) is 16.2. The van der Waals surface area contributed by atoms with Crippen LogP contribution >= 0.6 is 15.9 Å². The van der Waals surface area contributed by atoms with Crippen LogP contribution in [0.15, 0.2) is 41.0 Å². The maximum atomic E-state index is 4.52. The van der Waals surface area contributed by atoms with Gasteiger partial charge in [0.05, 0.1) is 22.4 Å². The van der Waals surface area contributed by atoms with E-state index in [1.807, 2.05) is 6.20 Å². The van der Waals surface area contributed by atoms with E-state index in [4.69, 9.17) is 0 Å². The Morgan fingerprint density at radius 2 is 1.95 bits per heavy atom. The van der Waals surface area contributed by atoms with Gasteiger partial charge in [-0.25, -0.2) is 0 Å². The van der Waals surface area contributed by atoms with Gasteiger partial charge >= 0.3 is 0 Å². The number of nitrogens with zero attached hydrogens (tertiary/aromatic N) is 2. The van der Waals surface area contributed by atoms with Crippen molar-refractivity contribution in [1.82, 2.24) is 15.1 Å². The molecule has 0 radical (unpaired) electrons. The van der Waals surface area contributed by atoms with Gasteiger partial charge in [-0.1, -0.05) is 37.3 Å². The van der Waals surface area contributed by atoms with Crippen molar-refractivity contribution >= 4 is 15.9 Å². The molecule has 0 amide bonds. The second kappa shape index (κ2) is 7.76. The van der Waals surface area contributed by atoms with E-state index in [9.17, 15) is 0 Å². The summed E-state index contributed by atoms with van der Waals surface area (Å²) in [7, 11) is 0. The second-order valence-electron chi connectivity index (χ2n) is 5.61. The summed E-state index contributed by atoms with van der Waals surface area (Å²) in [4.78, 5) is 0. The van der Waals surface area contributed by atoms with Gasteiger partial charge in [-0.3, -0.25) is 4.68 Å². The quantitative estimate of drug-likeness (QED) is 0.796. The Morgan fingerprint density at radius 1 is 1.24 bits per heavy atom. The summed E-state index contributed by atoms with van der Waals surface area (Å²) in [6.07, 6.45) is 4.00. The molecular formula is C17H24BrN3. The van der Waals surface area contributed by atoms with E-state index in [2.05, 4.69) is 82.1 Å². The molecule has 0 bridgehead atoms. The molecule has 2 aromatic rings. The molecule has 0 fully saturated rings. The van der Waals surface area contributed by atoms with Gasteiger partial charge in [0, 0.05) is 6.04 Å². The van der Waals surface area contributed by atoms with Crippen LogP contribution in [0.3, 0.4) is 0 Å². The minimum atomic E-state index is 0.270. The van der Waals surface area contributed by atoms with Crippen LogP contribution in [-0.4, -0.2) is 16.3 Å². The highest BCUT2D eigenvalue weighted by Crippen LogP contribution is 2.28. The number of rotatable bonds is 7. The fourth-order valence-electron chi connectivity index (χ4n) is 2.52. The Balaban J connectivity index is 2.29. The molecule has 1 heterocycles. The smallest absolute Gasteiger partial charge is 0.0702 e. The van der Waals surface area contributed by atoms with E-state index in [1.165, 1.54) is 11.3 Å². The molecule has 0 saturated carbocycles. The lowest BCUT2D eigenvalue weighted by molar-refractivity contribution is 0.440. The van der Waals surface area contributed by atoms with Gasteiger partial charge in [0.25, 0.3) is 0 Å². The van der Waals surface area contributed by atoms with Gasteiger partial charge in [-0.05, 0) is 54.7 Å². The van der Waals surface area contributed by atoms with Crippen LogP contribution in [0, 0.1) is 0 Å². The van der Waals surface area contributed by atoms with Crippen LogP contribution in [0.2, 0.25) is 0 Å². The van der Waals surface area contributed by atoms with Crippen LogP contribution in [0.1, 0.15) is 50.5 Å². The summed E-state index contributed by atoms with van der Waals surface area (Å²) in [5.74, 6) is 0. The molecule has 0 aliphatic carbocycles. The number of hydrogen-bond donors (Lipinski definition) is 1. The number of hydrogen-bond acceptors (Lipinski definition) is 2. The molecule has 0 aliphatic heterocycles. The Bertz CT molecular complexity index is 548. The fourth-order valence-corrected chi connectivity index (χ4v) is 3.07. The summed E-state index contributed by atoms with van der Waals surface area (Å²) in [6, 6.07) is 11.3. The van der Waals surface area contributed by atoms with E-state index in [1.54, 1.807) is 0 Å². The van der Waals surface area contributed by atoms with Crippen molar-refractivity contribution in [1.29, 1.82) is 0 Å². The summed E-state index contributed by atoms with van der Waals surface area (Å²) in [5, 5.41) is 8.18. The SMILES string of the molecule is CCCNC(Cc1ccccc1)c1c(Br)cnn1C(C)C. The van der Waals surface area contributed by atoms with E-state index < -0.39 is 0 Å². The van der Waals surface area contributed by atoms with E-state index in [-0.39, 0.29) is 6.04 Å². The topological polar surface area (TPSA) is 29.9 Å². The normalized spacial score (nSPS) is 12.8. The van der Waals surface area contributed by atoms with E-state index in [0.29, 0.717) is 6.04 Å².